The van der Waals surface area contributed by atoms with Gasteiger partial charge in [-0.3, -0.25) is 9.78 Å². The van der Waals surface area contributed by atoms with Crippen molar-refractivity contribution in [2.24, 2.45) is 0 Å². The van der Waals surface area contributed by atoms with Gasteiger partial charge in [-0.05, 0) is 55.3 Å². The van der Waals surface area contributed by atoms with Gasteiger partial charge in [-0.1, -0.05) is 6.07 Å². The van der Waals surface area contributed by atoms with Crippen molar-refractivity contribution in [2.75, 3.05) is 17.4 Å². The Bertz CT molecular complexity index is 1020. The number of nitrogens with zero attached hydrogens (tertiary/aromatic N) is 1. The number of ether oxygens (including phenoxy) is 2. The van der Waals surface area contributed by atoms with Gasteiger partial charge in [0.1, 0.15) is 0 Å². The van der Waals surface area contributed by atoms with Crippen LogP contribution in [0.25, 0.3) is 0 Å². The van der Waals surface area contributed by atoms with E-state index in [1.54, 1.807) is 18.5 Å². The predicted octanol–water partition coefficient (Wildman–Crippen LogP) is 4.42. The molecule has 6 heteroatoms. The van der Waals surface area contributed by atoms with Crippen LogP contribution >= 0.6 is 0 Å². The van der Waals surface area contributed by atoms with Crippen molar-refractivity contribution >= 4 is 23.0 Å². The summed E-state index contributed by atoms with van der Waals surface area (Å²) in [7, 11) is 0. The van der Waals surface area contributed by atoms with Crippen LogP contribution in [-0.4, -0.2) is 17.7 Å². The average Bonchev–Trinajstić information content (AvgIpc) is 3.13. The molecule has 0 atom stereocenters. The molecule has 3 aromatic rings. The molecule has 2 heterocycles. The zero-order valence-electron chi connectivity index (χ0n) is 15.1. The highest BCUT2D eigenvalue weighted by Gasteiger charge is 2.14. The van der Waals surface area contributed by atoms with Gasteiger partial charge in [-0.2, -0.15) is 0 Å². The third-order valence-corrected chi connectivity index (χ3v) is 4.43. The summed E-state index contributed by atoms with van der Waals surface area (Å²) in [6, 6.07) is 13.2. The van der Waals surface area contributed by atoms with Crippen LogP contribution in [0, 0.1) is 13.8 Å². The lowest BCUT2D eigenvalue weighted by Gasteiger charge is -2.10. The number of aryl methyl sites for hydroxylation is 2. The number of hydrogen-bond acceptors (Lipinski definition) is 5. The summed E-state index contributed by atoms with van der Waals surface area (Å²) in [4.78, 5) is 16.7. The number of fused-ring (bicyclic) bond motifs is 1. The molecule has 0 bridgehead atoms. The second-order valence-electron chi connectivity index (χ2n) is 6.41. The third kappa shape index (κ3) is 3.69. The number of carbonyl (C=O) groups excluding carboxylic acids is 1. The molecule has 136 valence electrons. The molecule has 2 aromatic carbocycles. The molecule has 1 aliphatic heterocycles. The van der Waals surface area contributed by atoms with E-state index in [9.17, 15) is 4.79 Å². The van der Waals surface area contributed by atoms with Crippen molar-refractivity contribution in [2.45, 2.75) is 13.8 Å². The van der Waals surface area contributed by atoms with Crippen LogP contribution in [0.4, 0.5) is 17.1 Å². The second kappa shape index (κ2) is 6.99. The molecule has 6 nitrogen and oxygen atoms in total. The van der Waals surface area contributed by atoms with Crippen molar-refractivity contribution in [3.05, 3.63) is 71.5 Å². The summed E-state index contributed by atoms with van der Waals surface area (Å²) in [5.41, 5.74) is 5.08. The fourth-order valence-electron chi connectivity index (χ4n) is 2.80. The molecule has 1 amide bonds. The van der Waals surface area contributed by atoms with Crippen LogP contribution in [0.15, 0.2) is 54.9 Å². The Kier molecular flexibility index (Phi) is 4.38. The molecule has 1 aromatic heterocycles. The van der Waals surface area contributed by atoms with Crippen molar-refractivity contribution in [1.29, 1.82) is 0 Å². The molecular weight excluding hydrogens is 342 g/mol. The van der Waals surface area contributed by atoms with Crippen molar-refractivity contribution in [1.82, 2.24) is 4.98 Å². The lowest BCUT2D eigenvalue weighted by atomic mass is 10.1. The Hall–Kier alpha value is -3.54. The quantitative estimate of drug-likeness (QED) is 0.719. The Morgan fingerprint density at radius 1 is 0.889 bits per heavy atom. The Labute approximate surface area is 157 Å². The largest absolute Gasteiger partial charge is 0.454 e. The summed E-state index contributed by atoms with van der Waals surface area (Å²) in [6.07, 6.45) is 3.21. The number of nitrogens with one attached hydrogen (secondary N) is 2. The van der Waals surface area contributed by atoms with E-state index in [0.29, 0.717) is 17.0 Å². The first kappa shape index (κ1) is 16.9. The van der Waals surface area contributed by atoms with Gasteiger partial charge in [0.2, 0.25) is 6.79 Å². The highest BCUT2D eigenvalue weighted by molar-refractivity contribution is 6.04. The first-order valence-electron chi connectivity index (χ1n) is 8.59. The number of aromatic nitrogens is 1. The van der Waals surface area contributed by atoms with Crippen molar-refractivity contribution in [3.8, 4) is 11.5 Å². The minimum atomic E-state index is -0.208. The Morgan fingerprint density at radius 3 is 2.56 bits per heavy atom. The molecule has 2 N–H and O–H groups in total. The number of amides is 1. The molecule has 0 fully saturated rings. The minimum absolute atomic E-state index is 0.208. The van der Waals surface area contributed by atoms with Gasteiger partial charge < -0.3 is 20.1 Å². The van der Waals surface area contributed by atoms with E-state index < -0.39 is 0 Å². The summed E-state index contributed by atoms with van der Waals surface area (Å²) in [5.74, 6) is 1.21. The van der Waals surface area contributed by atoms with Gasteiger partial charge in [0.05, 0.1) is 17.4 Å². The van der Waals surface area contributed by atoms with Gasteiger partial charge >= 0.3 is 0 Å². The van der Waals surface area contributed by atoms with Gasteiger partial charge in [-0.25, -0.2) is 0 Å². The van der Waals surface area contributed by atoms with Gasteiger partial charge in [0, 0.05) is 23.6 Å². The topological polar surface area (TPSA) is 72.5 Å². The van der Waals surface area contributed by atoms with E-state index in [4.69, 9.17) is 9.47 Å². The van der Waals surface area contributed by atoms with Crippen LogP contribution < -0.4 is 20.1 Å². The summed E-state index contributed by atoms with van der Waals surface area (Å²) >= 11 is 0. The highest BCUT2D eigenvalue weighted by atomic mass is 16.7. The van der Waals surface area contributed by atoms with E-state index in [0.717, 1.165) is 22.7 Å². The van der Waals surface area contributed by atoms with E-state index in [1.807, 2.05) is 50.2 Å². The Balaban J connectivity index is 1.49. The zero-order chi connectivity index (χ0) is 18.8. The van der Waals surface area contributed by atoms with E-state index in [1.165, 1.54) is 5.56 Å². The average molecular weight is 361 g/mol. The summed E-state index contributed by atoms with van der Waals surface area (Å²) < 4.78 is 10.7. The molecule has 27 heavy (non-hydrogen) atoms. The number of hydrogen-bond donors (Lipinski definition) is 2. The minimum Gasteiger partial charge on any atom is -0.454 e. The lowest BCUT2D eigenvalue weighted by Crippen LogP contribution is -2.12. The zero-order valence-corrected chi connectivity index (χ0v) is 15.1. The predicted molar refractivity (Wildman–Crippen MR) is 104 cm³/mol. The van der Waals surface area contributed by atoms with Crippen molar-refractivity contribution < 1.29 is 14.3 Å². The Morgan fingerprint density at radius 2 is 1.70 bits per heavy atom. The maximum Gasteiger partial charge on any atom is 0.257 e. The number of pyridine rings is 1. The van der Waals surface area contributed by atoms with E-state index >= 15 is 0 Å². The molecule has 0 saturated carbocycles. The fourth-order valence-corrected chi connectivity index (χ4v) is 2.80. The van der Waals surface area contributed by atoms with Crippen LogP contribution in [0.2, 0.25) is 0 Å². The molecule has 0 saturated heterocycles. The summed E-state index contributed by atoms with van der Waals surface area (Å²) in [6.45, 7) is 4.28. The first-order chi connectivity index (χ1) is 13.1. The first-order valence-corrected chi connectivity index (χ1v) is 8.59. The smallest absolute Gasteiger partial charge is 0.257 e. The van der Waals surface area contributed by atoms with Crippen LogP contribution in [0.3, 0.4) is 0 Å². The van der Waals surface area contributed by atoms with Crippen LogP contribution in [0.5, 0.6) is 11.5 Å². The molecule has 0 unspecified atom stereocenters. The second-order valence-corrected chi connectivity index (χ2v) is 6.41. The van der Waals surface area contributed by atoms with Gasteiger partial charge in [0.15, 0.2) is 11.5 Å². The standard InChI is InChI=1S/C21H19N3O3/c1-13-3-4-16(7-14(13)2)24-21(25)15-8-18(11-22-10-15)23-17-5-6-19-20(9-17)27-12-26-19/h3-11,23H,12H2,1-2H3,(H,24,25). The normalized spacial score (nSPS) is 11.9. The van der Waals surface area contributed by atoms with Crippen molar-refractivity contribution in [3.63, 3.8) is 0 Å². The molecule has 1 aliphatic rings. The van der Waals surface area contributed by atoms with Crippen LogP contribution in [0.1, 0.15) is 21.5 Å². The highest BCUT2D eigenvalue weighted by Crippen LogP contribution is 2.35. The van der Waals surface area contributed by atoms with E-state index in [-0.39, 0.29) is 12.7 Å². The third-order valence-electron chi connectivity index (χ3n) is 4.43. The SMILES string of the molecule is Cc1ccc(NC(=O)c2cncc(Nc3ccc4c(c3)OCO4)c2)cc1C. The van der Waals surface area contributed by atoms with Crippen LogP contribution in [-0.2, 0) is 0 Å². The number of rotatable bonds is 4. The monoisotopic (exact) mass is 361 g/mol. The summed E-state index contributed by atoms with van der Waals surface area (Å²) in [5, 5.41) is 6.14. The fraction of sp³-hybridized carbons (Fsp3) is 0.143. The molecular formula is C21H19N3O3. The van der Waals surface area contributed by atoms with Gasteiger partial charge in [-0.15, -0.1) is 0 Å². The molecule has 0 spiro atoms. The lowest BCUT2D eigenvalue weighted by molar-refractivity contribution is 0.102. The number of anilines is 3. The molecule has 0 radical (unpaired) electrons. The maximum absolute atomic E-state index is 12.6. The van der Waals surface area contributed by atoms with E-state index in [2.05, 4.69) is 15.6 Å². The number of carbonyl (C=O) groups is 1. The van der Waals surface area contributed by atoms with Gasteiger partial charge in [0.25, 0.3) is 5.91 Å². The molecule has 0 aliphatic carbocycles. The maximum atomic E-state index is 12.6. The number of benzene rings is 2. The molecule has 4 rings (SSSR count).